The van der Waals surface area contributed by atoms with Crippen LogP contribution in [-0.2, 0) is 4.79 Å². The molecule has 0 saturated carbocycles. The summed E-state index contributed by atoms with van der Waals surface area (Å²) in [5, 5.41) is 8.49. The standard InChI is InChI=1S/C5H6O2.CH2O/c1-4-2-3-5(6)7-4;1-2/h2-3,6H,1H3;1H2. The molecular weight excluding hydrogens is 120 g/mol. The predicted molar refractivity (Wildman–Crippen MR) is 32.2 cm³/mol. The molecule has 0 bridgehead atoms. The smallest absolute Gasteiger partial charge is 0.281 e. The highest BCUT2D eigenvalue weighted by Crippen LogP contribution is 2.10. The van der Waals surface area contributed by atoms with Gasteiger partial charge in [0.15, 0.2) is 0 Å². The van der Waals surface area contributed by atoms with Crippen molar-refractivity contribution in [3.63, 3.8) is 0 Å². The van der Waals surface area contributed by atoms with Gasteiger partial charge in [0.2, 0.25) is 0 Å². The van der Waals surface area contributed by atoms with E-state index >= 15 is 0 Å². The Hall–Kier alpha value is -1.25. The summed E-state index contributed by atoms with van der Waals surface area (Å²) in [7, 11) is 0. The Kier molecular flexibility index (Phi) is 3.20. The highest BCUT2D eigenvalue weighted by molar-refractivity contribution is 5.11. The lowest BCUT2D eigenvalue weighted by atomic mass is 10.5. The third kappa shape index (κ3) is 2.54. The molecule has 1 rings (SSSR count). The van der Waals surface area contributed by atoms with Gasteiger partial charge in [0.1, 0.15) is 12.5 Å². The molecule has 50 valence electrons. The molecule has 1 heterocycles. The number of hydrogen-bond acceptors (Lipinski definition) is 3. The van der Waals surface area contributed by atoms with Crippen LogP contribution in [0.15, 0.2) is 16.5 Å². The fourth-order valence-electron chi connectivity index (χ4n) is 0.422. The highest BCUT2D eigenvalue weighted by atomic mass is 16.5. The van der Waals surface area contributed by atoms with E-state index in [0.29, 0.717) is 0 Å². The maximum atomic E-state index is 8.49. The van der Waals surface area contributed by atoms with Gasteiger partial charge in [0.25, 0.3) is 5.95 Å². The van der Waals surface area contributed by atoms with Crippen LogP contribution in [0, 0.1) is 6.92 Å². The van der Waals surface area contributed by atoms with Gasteiger partial charge in [0, 0.05) is 6.07 Å². The van der Waals surface area contributed by atoms with Crippen molar-refractivity contribution in [2.24, 2.45) is 0 Å². The summed E-state index contributed by atoms with van der Waals surface area (Å²) in [5.41, 5.74) is 0. The number of carbonyl (C=O) groups excluding carboxylic acids is 1. The van der Waals surface area contributed by atoms with E-state index in [4.69, 9.17) is 9.90 Å². The van der Waals surface area contributed by atoms with Crippen molar-refractivity contribution in [3.05, 3.63) is 17.9 Å². The molecule has 9 heavy (non-hydrogen) atoms. The van der Waals surface area contributed by atoms with Gasteiger partial charge in [0.05, 0.1) is 0 Å². The Bertz CT molecular complexity index is 152. The van der Waals surface area contributed by atoms with Crippen LogP contribution >= 0.6 is 0 Å². The van der Waals surface area contributed by atoms with Gasteiger partial charge < -0.3 is 14.3 Å². The average molecular weight is 128 g/mol. The summed E-state index contributed by atoms with van der Waals surface area (Å²) in [5.74, 6) is 0.718. The van der Waals surface area contributed by atoms with Crippen LogP contribution < -0.4 is 0 Å². The zero-order chi connectivity index (χ0) is 7.28. The summed E-state index contributed by atoms with van der Waals surface area (Å²) in [6, 6.07) is 3.21. The van der Waals surface area contributed by atoms with Crippen molar-refractivity contribution in [2.45, 2.75) is 6.92 Å². The first-order chi connectivity index (χ1) is 4.29. The molecular formula is C6H8O3. The number of furan rings is 1. The molecule has 0 saturated heterocycles. The Morgan fingerprint density at radius 3 is 2.22 bits per heavy atom. The van der Waals surface area contributed by atoms with Crippen LogP contribution in [0.5, 0.6) is 5.95 Å². The first-order valence-electron chi connectivity index (χ1n) is 2.33. The van der Waals surface area contributed by atoms with Crippen molar-refractivity contribution in [1.29, 1.82) is 0 Å². The summed E-state index contributed by atoms with van der Waals surface area (Å²) in [6.07, 6.45) is 0. The second-order valence-electron chi connectivity index (χ2n) is 1.38. The van der Waals surface area contributed by atoms with Crippen LogP contribution in [-0.4, -0.2) is 11.9 Å². The Labute approximate surface area is 52.9 Å². The van der Waals surface area contributed by atoms with Crippen molar-refractivity contribution >= 4 is 6.79 Å². The molecule has 0 unspecified atom stereocenters. The van der Waals surface area contributed by atoms with E-state index in [-0.39, 0.29) is 5.95 Å². The van der Waals surface area contributed by atoms with E-state index in [1.54, 1.807) is 13.0 Å². The first kappa shape index (κ1) is 7.75. The number of rotatable bonds is 0. The molecule has 0 radical (unpaired) electrons. The zero-order valence-electron chi connectivity index (χ0n) is 5.13. The van der Waals surface area contributed by atoms with Crippen LogP contribution in [0.2, 0.25) is 0 Å². The number of hydrogen-bond donors (Lipinski definition) is 1. The maximum absolute atomic E-state index is 8.49. The molecule has 0 atom stereocenters. The van der Waals surface area contributed by atoms with Crippen molar-refractivity contribution in [2.75, 3.05) is 0 Å². The Balaban J connectivity index is 0.000000291. The largest absolute Gasteiger partial charge is 0.481 e. The third-order valence-corrected chi connectivity index (χ3v) is 0.726. The van der Waals surface area contributed by atoms with Gasteiger partial charge >= 0.3 is 0 Å². The SMILES string of the molecule is C=O.Cc1ccc(O)o1. The minimum absolute atomic E-state index is 0.0162. The summed E-state index contributed by atoms with van der Waals surface area (Å²) in [4.78, 5) is 8.00. The summed E-state index contributed by atoms with van der Waals surface area (Å²) >= 11 is 0. The second kappa shape index (κ2) is 3.72. The predicted octanol–water partition coefficient (Wildman–Crippen LogP) is 1.11. The summed E-state index contributed by atoms with van der Waals surface area (Å²) in [6.45, 7) is 3.78. The maximum Gasteiger partial charge on any atom is 0.281 e. The summed E-state index contributed by atoms with van der Waals surface area (Å²) < 4.78 is 4.64. The number of carbonyl (C=O) groups is 1. The van der Waals surface area contributed by atoms with Gasteiger partial charge in [-0.25, -0.2) is 0 Å². The van der Waals surface area contributed by atoms with Crippen LogP contribution in [0.3, 0.4) is 0 Å². The minimum Gasteiger partial charge on any atom is -0.481 e. The third-order valence-electron chi connectivity index (χ3n) is 0.726. The van der Waals surface area contributed by atoms with Crippen LogP contribution in [0.25, 0.3) is 0 Å². The van der Waals surface area contributed by atoms with E-state index in [1.165, 1.54) is 6.07 Å². The van der Waals surface area contributed by atoms with Crippen molar-refractivity contribution < 1.29 is 14.3 Å². The van der Waals surface area contributed by atoms with E-state index < -0.39 is 0 Å². The number of aryl methyl sites for hydroxylation is 1. The molecule has 0 aliphatic heterocycles. The van der Waals surface area contributed by atoms with Gasteiger partial charge in [-0.15, -0.1) is 0 Å². The lowest BCUT2D eigenvalue weighted by molar-refractivity contribution is -0.0979. The molecule has 0 amide bonds. The molecule has 0 fully saturated rings. The van der Waals surface area contributed by atoms with Gasteiger partial charge in [-0.05, 0) is 13.0 Å². The van der Waals surface area contributed by atoms with E-state index in [1.807, 2.05) is 6.79 Å². The van der Waals surface area contributed by atoms with E-state index in [9.17, 15) is 0 Å². The monoisotopic (exact) mass is 128 g/mol. The molecule has 1 aromatic heterocycles. The zero-order valence-corrected chi connectivity index (χ0v) is 5.13. The van der Waals surface area contributed by atoms with E-state index in [2.05, 4.69) is 4.42 Å². The molecule has 3 nitrogen and oxygen atoms in total. The average Bonchev–Trinajstić information content (AvgIpc) is 2.20. The lowest BCUT2D eigenvalue weighted by Gasteiger charge is -1.75. The van der Waals surface area contributed by atoms with Crippen LogP contribution in [0.4, 0.5) is 0 Å². The molecule has 0 spiro atoms. The number of aromatic hydroxyl groups is 1. The molecule has 0 aromatic carbocycles. The minimum atomic E-state index is -0.0162. The fourth-order valence-corrected chi connectivity index (χ4v) is 0.422. The quantitative estimate of drug-likeness (QED) is 0.569. The topological polar surface area (TPSA) is 50.4 Å². The van der Waals surface area contributed by atoms with Crippen molar-refractivity contribution in [1.82, 2.24) is 0 Å². The lowest BCUT2D eigenvalue weighted by Crippen LogP contribution is -1.50. The molecule has 0 aliphatic carbocycles. The van der Waals surface area contributed by atoms with Crippen molar-refractivity contribution in [3.8, 4) is 5.95 Å². The Morgan fingerprint density at radius 1 is 1.56 bits per heavy atom. The first-order valence-corrected chi connectivity index (χ1v) is 2.33. The van der Waals surface area contributed by atoms with Crippen LogP contribution in [0.1, 0.15) is 5.76 Å². The molecule has 1 N–H and O–H groups in total. The van der Waals surface area contributed by atoms with Gasteiger partial charge in [-0.3, -0.25) is 0 Å². The van der Waals surface area contributed by atoms with Gasteiger partial charge in [-0.2, -0.15) is 0 Å². The molecule has 1 aromatic rings. The second-order valence-corrected chi connectivity index (χ2v) is 1.38. The molecule has 0 aliphatic rings. The van der Waals surface area contributed by atoms with E-state index in [0.717, 1.165) is 5.76 Å². The molecule has 3 heteroatoms. The highest BCUT2D eigenvalue weighted by Gasteiger charge is 1.88. The van der Waals surface area contributed by atoms with Gasteiger partial charge in [-0.1, -0.05) is 0 Å². The Morgan fingerprint density at radius 2 is 2.11 bits per heavy atom. The fraction of sp³-hybridized carbons (Fsp3) is 0.167. The normalized spacial score (nSPS) is 7.67.